The Kier molecular flexibility index (Phi) is 3.87. The van der Waals surface area contributed by atoms with Gasteiger partial charge in [0.05, 0.1) is 18.0 Å². The normalized spacial score (nSPS) is 11.9. The van der Waals surface area contributed by atoms with Gasteiger partial charge in [0.1, 0.15) is 5.69 Å². The number of amides is 1. The van der Waals surface area contributed by atoms with Crippen LogP contribution >= 0.6 is 0 Å². The number of rotatable bonds is 3. The molecule has 0 bridgehead atoms. The van der Waals surface area contributed by atoms with Crippen LogP contribution in [0.25, 0.3) is 0 Å². The van der Waals surface area contributed by atoms with E-state index in [9.17, 15) is 9.90 Å². The Morgan fingerprint density at radius 2 is 1.89 bits per heavy atom. The highest BCUT2D eigenvalue weighted by molar-refractivity contribution is 6.02. The summed E-state index contributed by atoms with van der Waals surface area (Å²) in [5, 5.41) is 12.1. The average Bonchev–Trinajstić information content (AvgIpc) is 2.40. The van der Waals surface area contributed by atoms with Gasteiger partial charge in [0.25, 0.3) is 5.91 Å². The number of nitrogens with zero attached hydrogens (tertiary/aromatic N) is 2. The highest BCUT2D eigenvalue weighted by atomic mass is 16.3. The fourth-order valence-electron chi connectivity index (χ4n) is 1.55. The van der Waals surface area contributed by atoms with E-state index in [-0.39, 0.29) is 11.6 Å². The summed E-state index contributed by atoms with van der Waals surface area (Å²) in [5.41, 5.74) is 2.48. The minimum Gasteiger partial charge on any atom is -0.389 e. The number of carbonyl (C=O) groups excluding carboxylic acids is 1. The monoisotopic (exact) mass is 257 g/mol. The quantitative estimate of drug-likeness (QED) is 0.882. The van der Waals surface area contributed by atoms with Gasteiger partial charge >= 0.3 is 0 Å². The number of hydrogen-bond donors (Lipinski definition) is 2. The van der Waals surface area contributed by atoms with E-state index in [2.05, 4.69) is 15.3 Å². The van der Waals surface area contributed by atoms with Gasteiger partial charge < -0.3 is 10.4 Å². The molecule has 1 aromatic carbocycles. The van der Waals surface area contributed by atoms with Crippen LogP contribution in [0.2, 0.25) is 0 Å². The maximum absolute atomic E-state index is 11.9. The Morgan fingerprint density at radius 3 is 2.42 bits per heavy atom. The van der Waals surface area contributed by atoms with Crippen molar-refractivity contribution in [3.05, 3.63) is 53.6 Å². The summed E-state index contributed by atoms with van der Waals surface area (Å²) in [4.78, 5) is 19.9. The minimum atomic E-state index is -0.521. The van der Waals surface area contributed by atoms with Crippen LogP contribution in [0.4, 0.5) is 5.69 Å². The van der Waals surface area contributed by atoms with Gasteiger partial charge in [-0.15, -0.1) is 0 Å². The summed E-state index contributed by atoms with van der Waals surface area (Å²) in [7, 11) is 0. The van der Waals surface area contributed by atoms with E-state index in [1.165, 1.54) is 6.20 Å². The van der Waals surface area contributed by atoms with Crippen molar-refractivity contribution in [3.63, 3.8) is 0 Å². The maximum Gasteiger partial charge on any atom is 0.275 e. The smallest absolute Gasteiger partial charge is 0.275 e. The van der Waals surface area contributed by atoms with E-state index in [1.54, 1.807) is 37.4 Å². The van der Waals surface area contributed by atoms with Crippen molar-refractivity contribution < 1.29 is 9.90 Å². The summed E-state index contributed by atoms with van der Waals surface area (Å²) in [6.45, 7) is 3.50. The van der Waals surface area contributed by atoms with Crippen molar-refractivity contribution >= 4 is 11.6 Å². The lowest BCUT2D eigenvalue weighted by molar-refractivity contribution is 0.102. The van der Waals surface area contributed by atoms with Gasteiger partial charge in [-0.1, -0.05) is 12.1 Å². The number of nitrogens with one attached hydrogen (secondary N) is 1. The van der Waals surface area contributed by atoms with E-state index < -0.39 is 6.10 Å². The largest absolute Gasteiger partial charge is 0.389 e. The van der Waals surface area contributed by atoms with Gasteiger partial charge in [-0.25, -0.2) is 4.98 Å². The van der Waals surface area contributed by atoms with Gasteiger partial charge in [-0.05, 0) is 31.5 Å². The zero-order valence-corrected chi connectivity index (χ0v) is 10.8. The van der Waals surface area contributed by atoms with Crippen LogP contribution in [0.5, 0.6) is 0 Å². The predicted octanol–water partition coefficient (Wildman–Crippen LogP) is 2.09. The molecule has 0 spiro atoms. The van der Waals surface area contributed by atoms with Gasteiger partial charge in [-0.3, -0.25) is 9.78 Å². The van der Waals surface area contributed by atoms with Gasteiger partial charge in [-0.2, -0.15) is 0 Å². The Labute approximate surface area is 111 Å². The Bertz CT molecular complexity index is 562. The molecule has 1 atom stereocenters. The van der Waals surface area contributed by atoms with Crippen LogP contribution in [-0.2, 0) is 0 Å². The fraction of sp³-hybridized carbons (Fsp3) is 0.214. The molecule has 2 aromatic rings. The van der Waals surface area contributed by atoms with E-state index in [4.69, 9.17) is 0 Å². The lowest BCUT2D eigenvalue weighted by Gasteiger charge is -2.07. The third-order valence-corrected chi connectivity index (χ3v) is 2.66. The first kappa shape index (κ1) is 13.2. The van der Waals surface area contributed by atoms with E-state index in [0.717, 1.165) is 11.3 Å². The lowest BCUT2D eigenvalue weighted by atomic mass is 10.1. The Hall–Kier alpha value is -2.27. The molecule has 0 saturated carbocycles. The molecule has 0 radical (unpaired) electrons. The topological polar surface area (TPSA) is 75.1 Å². The minimum absolute atomic E-state index is 0.269. The molecule has 5 nitrogen and oxygen atoms in total. The second-order valence-corrected chi connectivity index (χ2v) is 4.30. The van der Waals surface area contributed by atoms with Crippen molar-refractivity contribution in [2.45, 2.75) is 20.0 Å². The molecule has 1 amide bonds. The third kappa shape index (κ3) is 3.35. The first-order valence-electron chi connectivity index (χ1n) is 5.94. The number of aryl methyl sites for hydroxylation is 1. The summed E-state index contributed by atoms with van der Waals surface area (Å²) in [5.74, 6) is -0.308. The lowest BCUT2D eigenvalue weighted by Crippen LogP contribution is -2.14. The van der Waals surface area contributed by atoms with Crippen LogP contribution in [0.3, 0.4) is 0 Å². The number of aliphatic hydroxyl groups excluding tert-OH is 1. The van der Waals surface area contributed by atoms with Gasteiger partial charge in [0.15, 0.2) is 0 Å². The molecule has 0 aliphatic rings. The van der Waals surface area contributed by atoms with Crippen molar-refractivity contribution in [2.24, 2.45) is 0 Å². The van der Waals surface area contributed by atoms with Crippen LogP contribution in [0, 0.1) is 6.92 Å². The van der Waals surface area contributed by atoms with Gasteiger partial charge in [0, 0.05) is 11.9 Å². The molecule has 1 aromatic heterocycles. The molecule has 2 rings (SSSR count). The van der Waals surface area contributed by atoms with E-state index in [1.807, 2.05) is 6.92 Å². The van der Waals surface area contributed by atoms with Gasteiger partial charge in [0.2, 0.25) is 0 Å². The SMILES string of the molecule is Cc1cnc(C(=O)Nc2ccc(C(C)O)cc2)cn1. The molecule has 1 unspecified atom stereocenters. The number of hydrogen-bond acceptors (Lipinski definition) is 4. The first-order valence-corrected chi connectivity index (χ1v) is 5.94. The molecule has 98 valence electrons. The summed E-state index contributed by atoms with van der Waals surface area (Å²) < 4.78 is 0. The molecule has 1 heterocycles. The molecular formula is C14H15N3O2. The summed E-state index contributed by atoms with van der Waals surface area (Å²) in [6.07, 6.45) is 2.47. The van der Waals surface area contributed by atoms with Crippen molar-refractivity contribution in [2.75, 3.05) is 5.32 Å². The molecule has 5 heteroatoms. The molecule has 0 fully saturated rings. The first-order chi connectivity index (χ1) is 9.06. The average molecular weight is 257 g/mol. The number of aromatic nitrogens is 2. The highest BCUT2D eigenvalue weighted by Crippen LogP contribution is 2.16. The Morgan fingerprint density at radius 1 is 1.21 bits per heavy atom. The zero-order valence-electron chi connectivity index (χ0n) is 10.8. The number of benzene rings is 1. The van der Waals surface area contributed by atoms with Crippen LogP contribution in [0.1, 0.15) is 34.8 Å². The standard InChI is InChI=1S/C14H15N3O2/c1-9-7-16-13(8-15-9)14(19)17-12-5-3-11(4-6-12)10(2)18/h3-8,10,18H,1-2H3,(H,17,19). The van der Waals surface area contributed by atoms with Crippen molar-refractivity contribution in [1.82, 2.24) is 9.97 Å². The number of anilines is 1. The second-order valence-electron chi connectivity index (χ2n) is 4.30. The molecule has 2 N–H and O–H groups in total. The van der Waals surface area contributed by atoms with E-state index >= 15 is 0 Å². The van der Waals surface area contributed by atoms with E-state index in [0.29, 0.717) is 5.69 Å². The number of carbonyl (C=O) groups is 1. The molecule has 0 aliphatic carbocycles. The summed E-state index contributed by atoms with van der Waals surface area (Å²) >= 11 is 0. The maximum atomic E-state index is 11.9. The molecule has 0 aliphatic heterocycles. The van der Waals surface area contributed by atoms with Crippen LogP contribution in [-0.4, -0.2) is 21.0 Å². The molecule has 0 saturated heterocycles. The summed E-state index contributed by atoms with van der Waals surface area (Å²) in [6, 6.07) is 7.01. The van der Waals surface area contributed by atoms with Crippen molar-refractivity contribution in [1.29, 1.82) is 0 Å². The van der Waals surface area contributed by atoms with Crippen LogP contribution < -0.4 is 5.32 Å². The Balaban J connectivity index is 2.08. The van der Waals surface area contributed by atoms with Crippen molar-refractivity contribution in [3.8, 4) is 0 Å². The highest BCUT2D eigenvalue weighted by Gasteiger charge is 2.08. The second kappa shape index (κ2) is 5.58. The fourth-order valence-corrected chi connectivity index (χ4v) is 1.55. The zero-order chi connectivity index (χ0) is 13.8. The number of aliphatic hydroxyl groups is 1. The molecular weight excluding hydrogens is 242 g/mol. The third-order valence-electron chi connectivity index (χ3n) is 2.66. The molecule has 19 heavy (non-hydrogen) atoms. The van der Waals surface area contributed by atoms with Crippen LogP contribution in [0.15, 0.2) is 36.7 Å². The predicted molar refractivity (Wildman–Crippen MR) is 71.8 cm³/mol.